The number of rotatable bonds is 3. The van der Waals surface area contributed by atoms with Gasteiger partial charge in [-0.1, -0.05) is 29.3 Å². The number of halogens is 4. The summed E-state index contributed by atoms with van der Waals surface area (Å²) in [5, 5.41) is 4.73. The summed E-state index contributed by atoms with van der Waals surface area (Å²) in [6, 6.07) is 11.6. The molecule has 0 fully saturated rings. The number of hydrogen-bond donors (Lipinski definition) is 1. The summed E-state index contributed by atoms with van der Waals surface area (Å²) < 4.78 is 1.78. The van der Waals surface area contributed by atoms with E-state index in [1.54, 1.807) is 0 Å². The first-order chi connectivity index (χ1) is 8.56. The lowest BCUT2D eigenvalue weighted by Gasteiger charge is -2.08. The number of benzene rings is 2. The van der Waals surface area contributed by atoms with Crippen molar-refractivity contribution in [2.24, 2.45) is 0 Å². The molecule has 0 amide bonds. The molecule has 0 saturated carbocycles. The fourth-order valence-electron chi connectivity index (χ4n) is 1.46. The van der Waals surface area contributed by atoms with Gasteiger partial charge in [0, 0.05) is 21.2 Å². The van der Waals surface area contributed by atoms with E-state index < -0.39 is 0 Å². The Kier molecular flexibility index (Phi) is 4.96. The standard InChI is InChI=1S/C13H9Br2Cl2N/c14-10-3-1-8(5-13(10)17)7-18-9-2-4-12(16)11(15)6-9/h1-6,18H,7H2. The highest BCUT2D eigenvalue weighted by Gasteiger charge is 2.01. The maximum absolute atomic E-state index is 6.04. The van der Waals surface area contributed by atoms with Gasteiger partial charge in [0.2, 0.25) is 0 Å². The van der Waals surface area contributed by atoms with E-state index >= 15 is 0 Å². The average molecular weight is 410 g/mol. The first kappa shape index (κ1) is 14.2. The van der Waals surface area contributed by atoms with Crippen molar-refractivity contribution in [3.05, 3.63) is 61.0 Å². The van der Waals surface area contributed by atoms with Crippen LogP contribution < -0.4 is 5.32 Å². The lowest BCUT2D eigenvalue weighted by atomic mass is 10.2. The van der Waals surface area contributed by atoms with E-state index in [1.807, 2.05) is 36.4 Å². The van der Waals surface area contributed by atoms with Crippen LogP contribution in [0, 0.1) is 0 Å². The second kappa shape index (κ2) is 6.29. The molecular formula is C13H9Br2Cl2N. The van der Waals surface area contributed by atoms with Gasteiger partial charge in [-0.2, -0.15) is 0 Å². The summed E-state index contributed by atoms with van der Waals surface area (Å²) in [4.78, 5) is 0. The molecule has 0 aromatic heterocycles. The molecule has 0 aliphatic rings. The van der Waals surface area contributed by atoms with E-state index in [2.05, 4.69) is 37.2 Å². The Morgan fingerprint density at radius 1 is 0.889 bits per heavy atom. The molecule has 0 saturated heterocycles. The highest BCUT2D eigenvalue weighted by atomic mass is 79.9. The van der Waals surface area contributed by atoms with Crippen LogP contribution in [0.4, 0.5) is 5.69 Å². The zero-order valence-electron chi connectivity index (χ0n) is 9.18. The van der Waals surface area contributed by atoms with Gasteiger partial charge < -0.3 is 5.32 Å². The molecular weight excluding hydrogens is 401 g/mol. The molecule has 1 nitrogen and oxygen atoms in total. The number of nitrogens with one attached hydrogen (secondary N) is 1. The lowest BCUT2D eigenvalue weighted by molar-refractivity contribution is 1.15. The highest BCUT2D eigenvalue weighted by Crippen LogP contribution is 2.27. The van der Waals surface area contributed by atoms with Crippen LogP contribution in [0.5, 0.6) is 0 Å². The van der Waals surface area contributed by atoms with E-state index in [1.165, 1.54) is 0 Å². The SMILES string of the molecule is Clc1cc(CNc2ccc(Cl)c(Br)c2)ccc1Br. The third-order valence-corrected chi connectivity index (χ3v) is 4.85. The first-order valence-electron chi connectivity index (χ1n) is 5.19. The summed E-state index contributed by atoms with van der Waals surface area (Å²) in [7, 11) is 0. The van der Waals surface area contributed by atoms with Gasteiger partial charge in [-0.25, -0.2) is 0 Å². The van der Waals surface area contributed by atoms with Crippen LogP contribution in [-0.4, -0.2) is 0 Å². The maximum Gasteiger partial charge on any atom is 0.0551 e. The maximum atomic E-state index is 6.04. The molecule has 94 valence electrons. The third-order valence-electron chi connectivity index (χ3n) is 2.40. The molecule has 0 spiro atoms. The molecule has 0 aliphatic heterocycles. The largest absolute Gasteiger partial charge is 0.381 e. The topological polar surface area (TPSA) is 12.0 Å². The van der Waals surface area contributed by atoms with Gasteiger partial charge in [0.05, 0.1) is 10.0 Å². The predicted molar refractivity (Wildman–Crippen MR) is 85.6 cm³/mol. The van der Waals surface area contributed by atoms with Gasteiger partial charge in [0.1, 0.15) is 0 Å². The monoisotopic (exact) mass is 407 g/mol. The van der Waals surface area contributed by atoms with Crippen LogP contribution in [0.2, 0.25) is 10.0 Å². The molecule has 2 rings (SSSR count). The van der Waals surface area contributed by atoms with Crippen molar-refractivity contribution in [2.45, 2.75) is 6.54 Å². The van der Waals surface area contributed by atoms with Gasteiger partial charge in [-0.05, 0) is 67.8 Å². The minimum absolute atomic E-state index is 0.701. The average Bonchev–Trinajstić information content (AvgIpc) is 2.35. The van der Waals surface area contributed by atoms with Crippen molar-refractivity contribution >= 4 is 60.7 Å². The van der Waals surface area contributed by atoms with Gasteiger partial charge in [-0.15, -0.1) is 0 Å². The van der Waals surface area contributed by atoms with Crippen molar-refractivity contribution in [3.63, 3.8) is 0 Å². The molecule has 1 N–H and O–H groups in total. The van der Waals surface area contributed by atoms with Crippen molar-refractivity contribution in [1.82, 2.24) is 0 Å². The van der Waals surface area contributed by atoms with Crippen LogP contribution in [0.1, 0.15) is 5.56 Å². The quantitative estimate of drug-likeness (QED) is 0.642. The number of anilines is 1. The van der Waals surface area contributed by atoms with Crippen LogP contribution in [0.3, 0.4) is 0 Å². The lowest BCUT2D eigenvalue weighted by Crippen LogP contribution is -1.99. The summed E-state index contributed by atoms with van der Waals surface area (Å²) in [5.74, 6) is 0. The normalized spacial score (nSPS) is 10.4. The Balaban J connectivity index is 2.06. The minimum Gasteiger partial charge on any atom is -0.381 e. The zero-order valence-corrected chi connectivity index (χ0v) is 13.9. The second-order valence-corrected chi connectivity index (χ2v) is 6.25. The third kappa shape index (κ3) is 3.64. The van der Waals surface area contributed by atoms with Crippen LogP contribution in [0.15, 0.2) is 45.3 Å². The van der Waals surface area contributed by atoms with Crippen molar-refractivity contribution < 1.29 is 0 Å². The summed E-state index contributed by atoms with van der Waals surface area (Å²) >= 11 is 18.7. The van der Waals surface area contributed by atoms with Crippen molar-refractivity contribution in [2.75, 3.05) is 5.32 Å². The van der Waals surface area contributed by atoms with Gasteiger partial charge in [0.25, 0.3) is 0 Å². The number of hydrogen-bond acceptors (Lipinski definition) is 1. The van der Waals surface area contributed by atoms with E-state index in [0.29, 0.717) is 16.6 Å². The fourth-order valence-corrected chi connectivity index (χ4v) is 2.41. The Morgan fingerprint density at radius 2 is 1.67 bits per heavy atom. The summed E-state index contributed by atoms with van der Waals surface area (Å²) in [6.07, 6.45) is 0. The molecule has 2 aromatic rings. The van der Waals surface area contributed by atoms with Gasteiger partial charge in [0.15, 0.2) is 0 Å². The summed E-state index contributed by atoms with van der Waals surface area (Å²) in [5.41, 5.74) is 2.12. The molecule has 0 atom stereocenters. The Morgan fingerprint density at radius 3 is 2.33 bits per heavy atom. The summed E-state index contributed by atoms with van der Waals surface area (Å²) in [6.45, 7) is 0.709. The molecule has 5 heteroatoms. The first-order valence-corrected chi connectivity index (χ1v) is 7.53. The van der Waals surface area contributed by atoms with Crippen LogP contribution >= 0.6 is 55.1 Å². The van der Waals surface area contributed by atoms with Crippen molar-refractivity contribution in [3.8, 4) is 0 Å². The molecule has 0 aliphatic carbocycles. The second-order valence-electron chi connectivity index (χ2n) is 3.73. The molecule has 0 unspecified atom stereocenters. The van der Waals surface area contributed by atoms with E-state index in [-0.39, 0.29) is 0 Å². The van der Waals surface area contributed by atoms with E-state index in [0.717, 1.165) is 20.2 Å². The minimum atomic E-state index is 0.701. The molecule has 2 aromatic carbocycles. The Labute approximate surface area is 133 Å². The van der Waals surface area contributed by atoms with E-state index in [4.69, 9.17) is 23.2 Å². The highest BCUT2D eigenvalue weighted by molar-refractivity contribution is 9.10. The van der Waals surface area contributed by atoms with E-state index in [9.17, 15) is 0 Å². The Bertz CT molecular complexity index is 521. The Hall–Kier alpha value is -0.220. The molecule has 0 bridgehead atoms. The van der Waals surface area contributed by atoms with Crippen LogP contribution in [-0.2, 0) is 6.54 Å². The van der Waals surface area contributed by atoms with Crippen molar-refractivity contribution in [1.29, 1.82) is 0 Å². The van der Waals surface area contributed by atoms with Gasteiger partial charge >= 0.3 is 0 Å². The molecule has 18 heavy (non-hydrogen) atoms. The smallest absolute Gasteiger partial charge is 0.0551 e. The fraction of sp³-hybridized carbons (Fsp3) is 0.0769. The van der Waals surface area contributed by atoms with Crippen LogP contribution in [0.25, 0.3) is 0 Å². The van der Waals surface area contributed by atoms with Gasteiger partial charge in [-0.3, -0.25) is 0 Å². The molecule has 0 radical (unpaired) electrons. The predicted octanol–water partition coefficient (Wildman–Crippen LogP) is 6.13. The molecule has 0 heterocycles. The zero-order chi connectivity index (χ0) is 13.1.